The van der Waals surface area contributed by atoms with E-state index in [2.05, 4.69) is 15.4 Å². The molecule has 3 rings (SSSR count). The molecule has 0 fully saturated rings. The molecule has 3 aromatic rings. The van der Waals surface area contributed by atoms with E-state index in [1.807, 2.05) is 0 Å². The Morgan fingerprint density at radius 2 is 1.63 bits per heavy atom. The van der Waals surface area contributed by atoms with Gasteiger partial charge >= 0.3 is 18.1 Å². The number of nitrogens with one attached hydrogen (secondary N) is 2. The Morgan fingerprint density at radius 1 is 0.914 bits per heavy atom. The van der Waals surface area contributed by atoms with Crippen molar-refractivity contribution in [3.63, 3.8) is 0 Å². The van der Waals surface area contributed by atoms with Crippen LogP contribution >= 0.6 is 11.6 Å². The first kappa shape index (κ1) is 25.8. The van der Waals surface area contributed by atoms with Crippen molar-refractivity contribution in [2.75, 3.05) is 12.4 Å². The molecular weight excluding hydrogens is 492 g/mol. The zero-order chi connectivity index (χ0) is 25.8. The third-order valence-electron chi connectivity index (χ3n) is 4.75. The van der Waals surface area contributed by atoms with Gasteiger partial charge in [0.05, 0.1) is 17.7 Å². The summed E-state index contributed by atoms with van der Waals surface area (Å²) in [5.74, 6) is -6.49. The average Bonchev–Trinajstić information content (AvgIpc) is 2.79. The van der Waals surface area contributed by atoms with Gasteiger partial charge < -0.3 is 14.8 Å². The fourth-order valence-electron chi connectivity index (χ4n) is 3.02. The van der Waals surface area contributed by atoms with Crippen LogP contribution in [0.25, 0.3) is 0 Å². The molecule has 0 heterocycles. The van der Waals surface area contributed by atoms with Gasteiger partial charge in [-0.1, -0.05) is 47.5 Å². The van der Waals surface area contributed by atoms with E-state index in [0.29, 0.717) is 5.56 Å². The largest absolute Gasteiger partial charge is 0.493 e. The Balaban J connectivity index is 1.75. The summed E-state index contributed by atoms with van der Waals surface area (Å²) in [4.78, 5) is 24.3. The predicted molar refractivity (Wildman–Crippen MR) is 122 cm³/mol. The molecule has 0 aliphatic rings. The standard InChI is InChI=1S/C24H19ClF4N2O4/c1-14-6-5-7-15(12-14)23(26,27)24(28,29)35-19-11-10-16(13-20(19)34-2)30-22(33)31-21(32)17-8-3-4-9-18(17)25/h3-13H,1-2H3,(H2,30,31,32,33). The number of hydrogen-bond donors (Lipinski definition) is 2. The van der Waals surface area contributed by atoms with Gasteiger partial charge in [0.2, 0.25) is 0 Å². The summed E-state index contributed by atoms with van der Waals surface area (Å²) in [5, 5.41) is 4.49. The maximum Gasteiger partial charge on any atom is 0.469 e. The van der Waals surface area contributed by atoms with Crippen molar-refractivity contribution in [3.8, 4) is 11.5 Å². The minimum atomic E-state index is -4.93. The van der Waals surface area contributed by atoms with E-state index < -0.39 is 35.3 Å². The monoisotopic (exact) mass is 510 g/mol. The van der Waals surface area contributed by atoms with Gasteiger partial charge in [0.1, 0.15) is 0 Å². The lowest BCUT2D eigenvalue weighted by molar-refractivity contribution is -0.316. The first-order valence-corrected chi connectivity index (χ1v) is 10.4. The van der Waals surface area contributed by atoms with E-state index >= 15 is 0 Å². The van der Waals surface area contributed by atoms with E-state index in [1.165, 1.54) is 31.2 Å². The molecule has 0 saturated carbocycles. The molecule has 3 amide bonds. The van der Waals surface area contributed by atoms with E-state index in [-0.39, 0.29) is 22.0 Å². The molecule has 6 nitrogen and oxygen atoms in total. The van der Waals surface area contributed by atoms with Crippen molar-refractivity contribution in [2.24, 2.45) is 0 Å². The van der Waals surface area contributed by atoms with Crippen molar-refractivity contribution in [1.29, 1.82) is 0 Å². The van der Waals surface area contributed by atoms with Crippen LogP contribution in [0, 0.1) is 6.92 Å². The highest BCUT2D eigenvalue weighted by atomic mass is 35.5. The van der Waals surface area contributed by atoms with Crippen LogP contribution in [0.1, 0.15) is 21.5 Å². The number of ether oxygens (including phenoxy) is 2. The lowest BCUT2D eigenvalue weighted by Crippen LogP contribution is -2.43. The minimum absolute atomic E-state index is 0.00687. The summed E-state index contributed by atoms with van der Waals surface area (Å²) in [6.45, 7) is 1.49. The fourth-order valence-corrected chi connectivity index (χ4v) is 3.24. The van der Waals surface area contributed by atoms with E-state index in [1.54, 1.807) is 12.1 Å². The fraction of sp³-hybridized carbons (Fsp3) is 0.167. The molecule has 184 valence electrons. The summed E-state index contributed by atoms with van der Waals surface area (Å²) in [7, 11) is 1.10. The van der Waals surface area contributed by atoms with Crippen molar-refractivity contribution in [3.05, 3.63) is 88.4 Å². The Bertz CT molecular complexity index is 1250. The van der Waals surface area contributed by atoms with Crippen LogP contribution in [0.4, 0.5) is 28.0 Å². The molecule has 0 aromatic heterocycles. The summed E-state index contributed by atoms with van der Waals surface area (Å²) in [6.07, 6.45) is -4.93. The molecule has 0 spiro atoms. The SMILES string of the molecule is COc1cc(NC(=O)NC(=O)c2ccccc2Cl)ccc1OC(F)(F)C(F)(F)c1cccc(C)c1. The third kappa shape index (κ3) is 5.83. The summed E-state index contributed by atoms with van der Waals surface area (Å²) < 4.78 is 67.5. The van der Waals surface area contributed by atoms with Gasteiger partial charge in [-0.3, -0.25) is 10.1 Å². The number of carbonyl (C=O) groups excluding carboxylic acids is 2. The molecule has 0 unspecified atom stereocenters. The second-order valence-corrected chi connectivity index (χ2v) is 7.72. The molecule has 11 heteroatoms. The van der Waals surface area contributed by atoms with Crippen molar-refractivity contribution in [2.45, 2.75) is 19.0 Å². The van der Waals surface area contributed by atoms with E-state index in [0.717, 1.165) is 37.4 Å². The van der Waals surface area contributed by atoms with Crippen LogP contribution in [0.2, 0.25) is 5.02 Å². The Kier molecular flexibility index (Phi) is 7.54. The Morgan fingerprint density at radius 3 is 2.29 bits per heavy atom. The van der Waals surface area contributed by atoms with Crippen molar-refractivity contribution in [1.82, 2.24) is 5.32 Å². The number of hydrogen-bond acceptors (Lipinski definition) is 4. The second-order valence-electron chi connectivity index (χ2n) is 7.32. The van der Waals surface area contributed by atoms with Gasteiger partial charge in [-0.15, -0.1) is 0 Å². The van der Waals surface area contributed by atoms with Crippen LogP contribution in [0.15, 0.2) is 66.7 Å². The normalized spacial score (nSPS) is 11.5. The number of carbonyl (C=O) groups is 2. The maximum absolute atomic E-state index is 14.6. The first-order chi connectivity index (χ1) is 16.4. The van der Waals surface area contributed by atoms with Gasteiger partial charge in [-0.25, -0.2) is 4.79 Å². The number of halogens is 5. The maximum atomic E-state index is 14.6. The van der Waals surface area contributed by atoms with Gasteiger partial charge in [0, 0.05) is 17.3 Å². The third-order valence-corrected chi connectivity index (χ3v) is 5.08. The Hall–Kier alpha value is -3.79. The molecule has 0 aliphatic heterocycles. The number of anilines is 1. The number of rotatable bonds is 7. The molecule has 0 saturated heterocycles. The first-order valence-electron chi connectivity index (χ1n) is 10.0. The highest BCUT2D eigenvalue weighted by Gasteiger charge is 2.61. The van der Waals surface area contributed by atoms with Crippen LogP contribution in [-0.2, 0) is 5.92 Å². The van der Waals surface area contributed by atoms with Crippen molar-refractivity contribution < 1.29 is 36.6 Å². The van der Waals surface area contributed by atoms with Gasteiger partial charge in [-0.2, -0.15) is 17.6 Å². The molecule has 0 aliphatic carbocycles. The lowest BCUT2D eigenvalue weighted by atomic mass is 10.1. The minimum Gasteiger partial charge on any atom is -0.493 e. The molecule has 0 radical (unpaired) electrons. The quantitative estimate of drug-likeness (QED) is 0.361. The van der Waals surface area contributed by atoms with Crippen LogP contribution < -0.4 is 20.1 Å². The smallest absolute Gasteiger partial charge is 0.469 e. The highest BCUT2D eigenvalue weighted by Crippen LogP contribution is 2.46. The molecule has 0 atom stereocenters. The van der Waals surface area contributed by atoms with Gasteiger partial charge in [0.25, 0.3) is 5.91 Å². The summed E-state index contributed by atoms with van der Waals surface area (Å²) in [6, 6.07) is 12.7. The van der Waals surface area contributed by atoms with Gasteiger partial charge in [0.15, 0.2) is 11.5 Å². The van der Waals surface area contributed by atoms with Crippen molar-refractivity contribution >= 4 is 29.2 Å². The van der Waals surface area contributed by atoms with Crippen LogP contribution in [-0.4, -0.2) is 25.2 Å². The van der Waals surface area contributed by atoms with E-state index in [4.69, 9.17) is 16.3 Å². The number of amides is 3. The van der Waals surface area contributed by atoms with Gasteiger partial charge in [-0.05, 0) is 37.3 Å². The topological polar surface area (TPSA) is 76.7 Å². The van der Waals surface area contributed by atoms with Crippen LogP contribution in [0.3, 0.4) is 0 Å². The zero-order valence-electron chi connectivity index (χ0n) is 18.4. The van der Waals surface area contributed by atoms with E-state index in [9.17, 15) is 27.2 Å². The molecular formula is C24H19ClF4N2O4. The molecule has 0 bridgehead atoms. The lowest BCUT2D eigenvalue weighted by Gasteiger charge is -2.27. The summed E-state index contributed by atoms with van der Waals surface area (Å²) >= 11 is 5.91. The highest BCUT2D eigenvalue weighted by molar-refractivity contribution is 6.34. The number of urea groups is 1. The molecule has 3 aromatic carbocycles. The zero-order valence-corrected chi connectivity index (χ0v) is 19.1. The van der Waals surface area contributed by atoms with Crippen LogP contribution in [0.5, 0.6) is 11.5 Å². The number of benzene rings is 3. The molecule has 2 N–H and O–H groups in total. The average molecular weight is 511 g/mol. The summed E-state index contributed by atoms with van der Waals surface area (Å²) in [5.41, 5.74) is -0.480. The number of alkyl halides is 4. The molecule has 35 heavy (non-hydrogen) atoms. The number of methoxy groups -OCH3 is 1. The predicted octanol–water partition coefficient (Wildman–Crippen LogP) is 6.38. The number of imide groups is 1. The Labute approximate surface area is 202 Å². The second kappa shape index (κ2) is 10.2. The number of aryl methyl sites for hydroxylation is 1.